The van der Waals surface area contributed by atoms with Crippen molar-refractivity contribution in [2.24, 2.45) is 0 Å². The molecule has 4 aromatic rings. The Hall–Kier alpha value is -4.02. The number of aromatic nitrogens is 2. The van der Waals surface area contributed by atoms with Gasteiger partial charge in [0.05, 0.1) is 24.2 Å². The summed E-state index contributed by atoms with van der Waals surface area (Å²) in [5, 5.41) is 14.8. The van der Waals surface area contributed by atoms with Gasteiger partial charge in [0, 0.05) is 28.0 Å². The molecule has 8 heteroatoms. The van der Waals surface area contributed by atoms with Crippen LogP contribution in [0.5, 0.6) is 0 Å². The van der Waals surface area contributed by atoms with E-state index in [0.29, 0.717) is 22.7 Å². The summed E-state index contributed by atoms with van der Waals surface area (Å²) in [7, 11) is 0. The van der Waals surface area contributed by atoms with Crippen LogP contribution >= 0.6 is 11.6 Å². The van der Waals surface area contributed by atoms with Crippen LogP contribution in [0.15, 0.2) is 66.7 Å². The lowest BCUT2D eigenvalue weighted by atomic mass is 9.94. The molecule has 0 N–H and O–H groups in total. The molecule has 1 aromatic heterocycles. The summed E-state index contributed by atoms with van der Waals surface area (Å²) in [6.45, 7) is 4.33. The Kier molecular flexibility index (Phi) is 6.07. The Morgan fingerprint density at radius 1 is 1.06 bits per heavy atom. The van der Waals surface area contributed by atoms with E-state index in [9.17, 15) is 18.8 Å². The zero-order valence-corrected chi connectivity index (χ0v) is 20.3. The van der Waals surface area contributed by atoms with Crippen molar-refractivity contribution in [2.75, 3.05) is 4.90 Å². The second-order valence-electron chi connectivity index (χ2n) is 8.96. The highest BCUT2D eigenvalue weighted by Crippen LogP contribution is 2.45. The van der Waals surface area contributed by atoms with E-state index in [1.165, 1.54) is 11.0 Å². The lowest BCUT2D eigenvalue weighted by Gasteiger charge is -2.28. The molecule has 0 radical (unpaired) electrons. The number of halogens is 3. The van der Waals surface area contributed by atoms with Gasteiger partial charge < -0.3 is 0 Å². The quantitative estimate of drug-likeness (QED) is 0.308. The lowest BCUT2D eigenvalue weighted by Crippen LogP contribution is -2.30. The van der Waals surface area contributed by atoms with Gasteiger partial charge >= 0.3 is 0 Å². The zero-order valence-electron chi connectivity index (χ0n) is 19.5. The Morgan fingerprint density at radius 3 is 2.44 bits per heavy atom. The van der Waals surface area contributed by atoms with Crippen LogP contribution in [0.1, 0.15) is 64.2 Å². The maximum absolute atomic E-state index is 14.2. The van der Waals surface area contributed by atoms with E-state index >= 15 is 0 Å². The smallest absolute Gasteiger partial charge is 0.280 e. The fourth-order valence-corrected chi connectivity index (χ4v) is 4.92. The number of hydrogen-bond acceptors (Lipinski definition) is 3. The first-order valence-corrected chi connectivity index (χ1v) is 11.8. The van der Waals surface area contributed by atoms with Crippen molar-refractivity contribution in [1.82, 2.24) is 9.78 Å². The number of amides is 1. The molecule has 1 amide bonds. The van der Waals surface area contributed by atoms with Crippen molar-refractivity contribution in [2.45, 2.75) is 32.4 Å². The molecule has 1 aliphatic rings. The number of carbonyl (C=O) groups excluding carboxylic acids is 1. The first-order chi connectivity index (χ1) is 17.3. The third kappa shape index (κ3) is 3.94. The van der Waals surface area contributed by atoms with Gasteiger partial charge in [-0.2, -0.15) is 10.4 Å². The van der Waals surface area contributed by atoms with Gasteiger partial charge in [-0.15, -0.1) is 0 Å². The molecule has 0 bridgehead atoms. The summed E-state index contributed by atoms with van der Waals surface area (Å²) in [5.41, 5.74) is 4.09. The molecule has 0 aliphatic carbocycles. The largest absolute Gasteiger partial charge is 0.295 e. The number of rotatable bonds is 5. The maximum atomic E-state index is 14.2. The number of hydrogen-bond donors (Lipinski definition) is 0. The normalized spacial score (nSPS) is 14.9. The second-order valence-corrected chi connectivity index (χ2v) is 9.39. The topological polar surface area (TPSA) is 61.9 Å². The fourth-order valence-electron chi connectivity index (χ4n) is 4.80. The Balaban J connectivity index is 1.71. The first kappa shape index (κ1) is 23.7. The molecular weight excluding hydrogens is 482 g/mol. The van der Waals surface area contributed by atoms with Crippen molar-refractivity contribution in [3.8, 4) is 6.07 Å². The summed E-state index contributed by atoms with van der Waals surface area (Å²) in [6.07, 6.45) is 0. The first-order valence-electron chi connectivity index (χ1n) is 11.4. The van der Waals surface area contributed by atoms with E-state index < -0.39 is 23.6 Å². The van der Waals surface area contributed by atoms with Crippen molar-refractivity contribution >= 4 is 23.2 Å². The van der Waals surface area contributed by atoms with Gasteiger partial charge in [0.25, 0.3) is 5.91 Å². The van der Waals surface area contributed by atoms with Crippen LogP contribution < -0.4 is 4.90 Å². The van der Waals surface area contributed by atoms with Crippen LogP contribution in [0.4, 0.5) is 14.5 Å². The van der Waals surface area contributed by atoms with Gasteiger partial charge in [-0.1, -0.05) is 55.8 Å². The van der Waals surface area contributed by atoms with Crippen molar-refractivity contribution in [1.29, 1.82) is 5.26 Å². The molecule has 3 aromatic carbocycles. The SMILES string of the molecule is CC(C)c1c2c(nn1Cc1ccccc1C#N)C(=O)N(c1ccc(F)c(F)c1)C2c1ccc(Cl)cc1. The average Bonchev–Trinajstić information content (AvgIpc) is 3.36. The van der Waals surface area contributed by atoms with Crippen LogP contribution in [0.2, 0.25) is 5.02 Å². The Morgan fingerprint density at radius 2 is 1.78 bits per heavy atom. The van der Waals surface area contributed by atoms with Crippen LogP contribution in [0.3, 0.4) is 0 Å². The standard InChI is InChI=1S/C28H21ClF2N4O/c1-16(2)26-24-25(33-34(26)15-19-6-4-3-5-18(19)14-32)28(36)35(21-11-12-22(30)23(31)13-21)27(24)17-7-9-20(29)10-8-17/h3-13,16,27H,15H2,1-2H3. The van der Waals surface area contributed by atoms with E-state index in [1.807, 2.05) is 38.1 Å². The van der Waals surface area contributed by atoms with E-state index in [-0.39, 0.29) is 17.3 Å². The maximum Gasteiger partial charge on any atom is 0.280 e. The van der Waals surface area contributed by atoms with Crippen molar-refractivity contribution in [3.05, 3.63) is 117 Å². The predicted octanol–water partition coefficient (Wildman–Crippen LogP) is 6.61. The summed E-state index contributed by atoms with van der Waals surface area (Å²) < 4.78 is 29.7. The van der Waals surface area contributed by atoms with Crippen molar-refractivity contribution < 1.29 is 13.6 Å². The van der Waals surface area contributed by atoms with Gasteiger partial charge in [0.15, 0.2) is 17.3 Å². The molecule has 1 unspecified atom stereocenters. The highest BCUT2D eigenvalue weighted by atomic mass is 35.5. The number of benzene rings is 3. The Bertz CT molecular complexity index is 1520. The zero-order chi connectivity index (χ0) is 25.6. The third-order valence-electron chi connectivity index (χ3n) is 6.35. The summed E-state index contributed by atoms with van der Waals surface area (Å²) in [4.78, 5) is 15.2. The minimum absolute atomic E-state index is 0.0250. The number of nitrogens with zero attached hydrogens (tertiary/aromatic N) is 4. The molecule has 0 saturated heterocycles. The summed E-state index contributed by atoms with van der Waals surface area (Å²) in [5.74, 6) is -2.47. The van der Waals surface area contributed by atoms with Crippen LogP contribution in [-0.2, 0) is 6.54 Å². The minimum atomic E-state index is -1.04. The lowest BCUT2D eigenvalue weighted by molar-refractivity contribution is 0.0987. The highest BCUT2D eigenvalue weighted by molar-refractivity contribution is 6.30. The Labute approximate surface area is 212 Å². The van der Waals surface area contributed by atoms with Crippen LogP contribution in [-0.4, -0.2) is 15.7 Å². The molecule has 1 aliphatic heterocycles. The van der Waals surface area contributed by atoms with E-state index in [1.54, 1.807) is 28.9 Å². The number of nitriles is 1. The van der Waals surface area contributed by atoms with Crippen LogP contribution in [0, 0.1) is 23.0 Å². The highest BCUT2D eigenvalue weighted by Gasteiger charge is 2.44. The van der Waals surface area contributed by atoms with Crippen LogP contribution in [0.25, 0.3) is 0 Å². The molecule has 1 atom stereocenters. The summed E-state index contributed by atoms with van der Waals surface area (Å²) in [6, 6.07) is 19.4. The van der Waals surface area contributed by atoms with E-state index in [0.717, 1.165) is 29.0 Å². The minimum Gasteiger partial charge on any atom is -0.295 e. The molecule has 36 heavy (non-hydrogen) atoms. The van der Waals surface area contributed by atoms with Gasteiger partial charge in [0.1, 0.15) is 0 Å². The van der Waals surface area contributed by atoms with Gasteiger partial charge in [0.2, 0.25) is 0 Å². The molecule has 0 fully saturated rings. The van der Waals surface area contributed by atoms with Gasteiger partial charge in [-0.3, -0.25) is 14.4 Å². The third-order valence-corrected chi connectivity index (χ3v) is 6.61. The fraction of sp³-hybridized carbons (Fsp3) is 0.179. The van der Waals surface area contributed by atoms with E-state index in [4.69, 9.17) is 16.7 Å². The average molecular weight is 503 g/mol. The molecule has 0 spiro atoms. The molecule has 5 rings (SSSR count). The molecule has 5 nitrogen and oxygen atoms in total. The summed E-state index contributed by atoms with van der Waals surface area (Å²) >= 11 is 6.13. The monoisotopic (exact) mass is 502 g/mol. The van der Waals surface area contributed by atoms with E-state index in [2.05, 4.69) is 6.07 Å². The van der Waals surface area contributed by atoms with Crippen molar-refractivity contribution in [3.63, 3.8) is 0 Å². The molecular formula is C28H21ClF2N4O. The number of fused-ring (bicyclic) bond motifs is 1. The number of anilines is 1. The number of carbonyl (C=O) groups is 1. The van der Waals surface area contributed by atoms with Gasteiger partial charge in [-0.25, -0.2) is 8.78 Å². The second kappa shape index (κ2) is 9.21. The molecule has 180 valence electrons. The van der Waals surface area contributed by atoms with Gasteiger partial charge in [-0.05, 0) is 47.4 Å². The molecule has 0 saturated carbocycles. The predicted molar refractivity (Wildman–Crippen MR) is 133 cm³/mol. The molecule has 2 heterocycles.